The predicted octanol–water partition coefficient (Wildman–Crippen LogP) is 4.94. The molecule has 1 aromatic heterocycles. The van der Waals surface area contributed by atoms with Gasteiger partial charge in [0.2, 0.25) is 17.8 Å². The molecule has 13 heteroatoms. The lowest BCUT2D eigenvalue weighted by molar-refractivity contribution is -0.136. The Morgan fingerprint density at radius 1 is 0.875 bits per heavy atom. The average molecular weight is 758 g/mol. The van der Waals surface area contributed by atoms with Gasteiger partial charge in [-0.2, -0.15) is 0 Å². The van der Waals surface area contributed by atoms with Crippen molar-refractivity contribution < 1.29 is 28.7 Å². The number of rotatable bonds is 11. The van der Waals surface area contributed by atoms with Crippen molar-refractivity contribution in [3.05, 3.63) is 107 Å². The number of fused-ring (bicyclic) bond motifs is 1. The average Bonchev–Trinajstić information content (AvgIpc) is 3.42. The van der Waals surface area contributed by atoms with Crippen LogP contribution in [0, 0.1) is 0 Å². The summed E-state index contributed by atoms with van der Waals surface area (Å²) in [7, 11) is 2.15. The Hall–Kier alpha value is -5.82. The fraction of sp³-hybridized carbons (Fsp3) is 0.395. The van der Waals surface area contributed by atoms with E-state index in [0.717, 1.165) is 66.2 Å². The Labute approximate surface area is 326 Å². The third kappa shape index (κ3) is 7.43. The molecule has 3 aliphatic heterocycles. The summed E-state index contributed by atoms with van der Waals surface area (Å²) >= 11 is 0. The zero-order valence-corrected chi connectivity index (χ0v) is 32.2. The Morgan fingerprint density at radius 3 is 2.27 bits per heavy atom. The standard InChI is InChI=1S/C43H47N7O6/c1-26-24-49(20-19-48(26)4)42-44-18-17-30(46-42)25-55-32-10-5-27(6-11-32)43(2,3)28-7-12-33(13-8-28)56-34-21-31(22-34)45-29-9-14-35-36(23-29)41(54)50(40(35)53)37-15-16-38(51)47-39(37)52/h5-14,17-18,23,26,31,34,37,45H,15-16,19-22,24-25H2,1-4H3,(H,47,51,52). The summed E-state index contributed by atoms with van der Waals surface area (Å²) in [5, 5.41) is 5.67. The van der Waals surface area contributed by atoms with Crippen molar-refractivity contribution in [3.63, 3.8) is 0 Å². The number of amides is 4. The first kappa shape index (κ1) is 37.1. The molecule has 3 fully saturated rings. The molecule has 56 heavy (non-hydrogen) atoms. The Bertz CT molecular complexity index is 2150. The second-order valence-corrected chi connectivity index (χ2v) is 15.8. The maximum Gasteiger partial charge on any atom is 0.262 e. The van der Waals surface area contributed by atoms with Crippen molar-refractivity contribution in [2.75, 3.05) is 36.9 Å². The van der Waals surface area contributed by atoms with E-state index in [2.05, 4.69) is 77.5 Å². The molecule has 0 radical (unpaired) electrons. The highest BCUT2D eigenvalue weighted by Gasteiger charge is 2.45. The summed E-state index contributed by atoms with van der Waals surface area (Å²) in [4.78, 5) is 65.0. The number of carbonyl (C=O) groups is 4. The van der Waals surface area contributed by atoms with E-state index in [1.165, 1.54) is 11.1 Å². The van der Waals surface area contributed by atoms with Crippen LogP contribution in [0.4, 0.5) is 11.6 Å². The summed E-state index contributed by atoms with van der Waals surface area (Å²) in [5.74, 6) is 0.293. The number of nitrogens with one attached hydrogen (secondary N) is 2. The monoisotopic (exact) mass is 757 g/mol. The molecule has 2 unspecified atom stereocenters. The highest BCUT2D eigenvalue weighted by Crippen LogP contribution is 2.36. The first-order valence-electron chi connectivity index (χ1n) is 19.3. The molecule has 2 N–H and O–H groups in total. The van der Waals surface area contributed by atoms with E-state index in [0.29, 0.717) is 12.6 Å². The summed E-state index contributed by atoms with van der Waals surface area (Å²) in [6.07, 6.45) is 3.62. The lowest BCUT2D eigenvalue weighted by atomic mass is 9.78. The number of carbonyl (C=O) groups excluding carboxylic acids is 4. The van der Waals surface area contributed by atoms with E-state index in [1.54, 1.807) is 18.2 Å². The minimum atomic E-state index is -0.985. The van der Waals surface area contributed by atoms with E-state index < -0.39 is 29.7 Å². The minimum absolute atomic E-state index is 0.0454. The van der Waals surface area contributed by atoms with Gasteiger partial charge in [0.1, 0.15) is 30.3 Å². The third-order valence-electron chi connectivity index (χ3n) is 11.7. The number of ether oxygens (including phenoxy) is 2. The second kappa shape index (κ2) is 15.0. The van der Waals surface area contributed by atoms with E-state index in [4.69, 9.17) is 14.5 Å². The van der Waals surface area contributed by atoms with Crippen molar-refractivity contribution in [1.29, 1.82) is 0 Å². The Kier molecular flexibility index (Phi) is 9.96. The number of aromatic nitrogens is 2. The minimum Gasteiger partial charge on any atom is -0.490 e. The highest BCUT2D eigenvalue weighted by atomic mass is 16.5. The van der Waals surface area contributed by atoms with Crippen LogP contribution in [-0.4, -0.2) is 94.3 Å². The lowest BCUT2D eigenvalue weighted by Gasteiger charge is -2.37. The molecule has 4 aliphatic rings. The van der Waals surface area contributed by atoms with Gasteiger partial charge in [-0.3, -0.25) is 29.4 Å². The zero-order valence-electron chi connectivity index (χ0n) is 32.2. The third-order valence-corrected chi connectivity index (χ3v) is 11.7. The van der Waals surface area contributed by atoms with Gasteiger partial charge < -0.3 is 24.6 Å². The molecule has 1 aliphatic carbocycles. The number of imide groups is 2. The molecule has 4 heterocycles. The maximum atomic E-state index is 13.2. The molecule has 4 amide bonds. The van der Waals surface area contributed by atoms with Crippen LogP contribution in [0.25, 0.3) is 0 Å². The molecular formula is C43H47N7O6. The van der Waals surface area contributed by atoms with Crippen LogP contribution in [0.1, 0.15) is 84.0 Å². The summed E-state index contributed by atoms with van der Waals surface area (Å²) in [6, 6.07) is 23.1. The van der Waals surface area contributed by atoms with Gasteiger partial charge in [0.15, 0.2) is 0 Å². The van der Waals surface area contributed by atoms with Gasteiger partial charge in [-0.15, -0.1) is 0 Å². The molecule has 13 nitrogen and oxygen atoms in total. The molecule has 2 saturated heterocycles. The maximum absolute atomic E-state index is 13.2. The number of hydrogen-bond acceptors (Lipinski definition) is 11. The van der Waals surface area contributed by atoms with Gasteiger partial charge in [0.25, 0.3) is 11.8 Å². The summed E-state index contributed by atoms with van der Waals surface area (Å²) < 4.78 is 12.4. The van der Waals surface area contributed by atoms with Crippen molar-refractivity contribution in [1.82, 2.24) is 25.1 Å². The number of piperazine rings is 1. The van der Waals surface area contributed by atoms with Crippen molar-refractivity contribution in [2.45, 2.75) is 82.7 Å². The highest BCUT2D eigenvalue weighted by molar-refractivity contribution is 6.23. The zero-order chi connectivity index (χ0) is 39.1. The fourth-order valence-electron chi connectivity index (χ4n) is 7.86. The van der Waals surface area contributed by atoms with Gasteiger partial charge in [-0.25, -0.2) is 9.97 Å². The van der Waals surface area contributed by atoms with Crippen molar-refractivity contribution in [2.24, 2.45) is 0 Å². The van der Waals surface area contributed by atoms with Crippen LogP contribution >= 0.6 is 0 Å². The number of likely N-dealkylation sites (N-methyl/N-ethyl adjacent to an activating group) is 1. The van der Waals surface area contributed by atoms with Crippen LogP contribution in [0.3, 0.4) is 0 Å². The van der Waals surface area contributed by atoms with Gasteiger partial charge in [0.05, 0.1) is 16.8 Å². The number of anilines is 2. The van der Waals surface area contributed by atoms with Crippen LogP contribution in [0.5, 0.6) is 11.5 Å². The molecule has 0 spiro atoms. The first-order valence-corrected chi connectivity index (χ1v) is 19.3. The smallest absolute Gasteiger partial charge is 0.262 e. The Morgan fingerprint density at radius 2 is 1.57 bits per heavy atom. The normalized spacial score (nSPS) is 22.7. The summed E-state index contributed by atoms with van der Waals surface area (Å²) in [6.45, 7) is 9.80. The van der Waals surface area contributed by atoms with Crippen molar-refractivity contribution >= 4 is 35.3 Å². The van der Waals surface area contributed by atoms with Gasteiger partial charge in [-0.05, 0) is 80.1 Å². The van der Waals surface area contributed by atoms with E-state index in [1.807, 2.05) is 36.5 Å². The largest absolute Gasteiger partial charge is 0.490 e. The molecule has 3 aromatic carbocycles. The van der Waals surface area contributed by atoms with Crippen LogP contribution in [0.2, 0.25) is 0 Å². The van der Waals surface area contributed by atoms with E-state index in [9.17, 15) is 19.2 Å². The first-order chi connectivity index (χ1) is 26.9. The quantitative estimate of drug-likeness (QED) is 0.201. The molecule has 1 saturated carbocycles. The topological polar surface area (TPSA) is 146 Å². The van der Waals surface area contributed by atoms with Gasteiger partial charge in [0, 0.05) is 68.3 Å². The van der Waals surface area contributed by atoms with Gasteiger partial charge in [-0.1, -0.05) is 38.1 Å². The van der Waals surface area contributed by atoms with Crippen molar-refractivity contribution in [3.8, 4) is 11.5 Å². The van der Waals surface area contributed by atoms with Crippen LogP contribution in [0.15, 0.2) is 79.0 Å². The molecule has 0 bridgehead atoms. The number of benzene rings is 3. The number of hydrogen-bond donors (Lipinski definition) is 2. The fourth-order valence-corrected chi connectivity index (χ4v) is 7.86. The molecular weight excluding hydrogens is 711 g/mol. The van der Waals surface area contributed by atoms with Crippen LogP contribution < -0.4 is 25.0 Å². The molecule has 2 atom stereocenters. The lowest BCUT2D eigenvalue weighted by Crippen LogP contribution is -2.54. The number of nitrogens with zero attached hydrogens (tertiary/aromatic N) is 5. The second-order valence-electron chi connectivity index (χ2n) is 15.8. The molecule has 4 aromatic rings. The number of piperidine rings is 1. The summed E-state index contributed by atoms with van der Waals surface area (Å²) in [5.41, 5.74) is 4.18. The SMILES string of the molecule is CC1CN(c2nccc(COc3ccc(C(C)(C)c4ccc(OC5CC(Nc6ccc7c(c6)C(=O)N(C6CCC(=O)NC6=O)C7=O)C5)cc4)cc3)n2)CCN1C. The van der Waals surface area contributed by atoms with Crippen LogP contribution in [-0.2, 0) is 21.6 Å². The molecule has 8 rings (SSSR count). The molecule has 290 valence electrons. The van der Waals surface area contributed by atoms with E-state index in [-0.39, 0.29) is 41.5 Å². The predicted molar refractivity (Wildman–Crippen MR) is 210 cm³/mol. The van der Waals surface area contributed by atoms with E-state index >= 15 is 0 Å². The van der Waals surface area contributed by atoms with Gasteiger partial charge >= 0.3 is 0 Å². The Balaban J connectivity index is 0.811.